The van der Waals surface area contributed by atoms with Gasteiger partial charge < -0.3 is 5.11 Å². The molecule has 1 saturated heterocycles. The summed E-state index contributed by atoms with van der Waals surface area (Å²) in [5, 5.41) is 8.67. The topological polar surface area (TPSA) is 74.7 Å². The van der Waals surface area contributed by atoms with Gasteiger partial charge in [-0.25, -0.2) is 8.42 Å². The molecule has 1 aliphatic rings. The number of aliphatic carboxylic acids is 1. The van der Waals surface area contributed by atoms with Gasteiger partial charge in [-0.1, -0.05) is 0 Å². The maximum Gasteiger partial charge on any atom is 0.511 e. The van der Waals surface area contributed by atoms with Crippen LogP contribution in [0.15, 0.2) is 0 Å². The molecule has 5 nitrogen and oxygen atoms in total. The zero-order valence-electron chi connectivity index (χ0n) is 8.23. The van der Waals surface area contributed by atoms with Crippen LogP contribution in [0.1, 0.15) is 13.3 Å². The minimum atomic E-state index is -5.42. The highest BCUT2D eigenvalue weighted by Crippen LogP contribution is 2.34. The van der Waals surface area contributed by atoms with Gasteiger partial charge in [0.05, 0.1) is 5.92 Å². The maximum atomic E-state index is 12.2. The Kier molecular flexibility index (Phi) is 3.21. The molecule has 0 spiro atoms. The van der Waals surface area contributed by atoms with E-state index in [0.717, 1.165) is 6.92 Å². The Bertz CT molecular complexity index is 391. The van der Waals surface area contributed by atoms with E-state index < -0.39 is 40.0 Å². The van der Waals surface area contributed by atoms with E-state index in [1.165, 1.54) is 0 Å². The summed E-state index contributed by atoms with van der Waals surface area (Å²) >= 11 is 0. The van der Waals surface area contributed by atoms with Gasteiger partial charge in [-0.3, -0.25) is 4.79 Å². The summed E-state index contributed by atoms with van der Waals surface area (Å²) in [7, 11) is -5.42. The Balaban J connectivity index is 2.99. The van der Waals surface area contributed by atoms with Gasteiger partial charge in [0.1, 0.15) is 0 Å². The molecule has 0 saturated carbocycles. The van der Waals surface area contributed by atoms with E-state index in [1.54, 1.807) is 0 Å². The van der Waals surface area contributed by atoms with Crippen LogP contribution in [0.5, 0.6) is 0 Å². The molecular weight excluding hydrogens is 251 g/mol. The fourth-order valence-electron chi connectivity index (χ4n) is 1.71. The van der Waals surface area contributed by atoms with Crippen molar-refractivity contribution < 1.29 is 31.5 Å². The van der Waals surface area contributed by atoms with Crippen LogP contribution in [0.3, 0.4) is 0 Å². The molecule has 94 valence electrons. The third kappa shape index (κ3) is 2.01. The second-order valence-electron chi connectivity index (χ2n) is 3.54. The molecule has 2 atom stereocenters. The van der Waals surface area contributed by atoms with Crippen LogP contribution in [0, 0.1) is 5.92 Å². The Morgan fingerprint density at radius 3 is 2.25 bits per heavy atom. The van der Waals surface area contributed by atoms with Crippen molar-refractivity contribution in [3.63, 3.8) is 0 Å². The standard InChI is InChI=1S/C7H10F3NO4S/c1-4-5(6(12)13)2-3-11(4)16(14,15)7(8,9)10/h4-5H,2-3H2,1H3,(H,12,13). The molecule has 1 heterocycles. The van der Waals surface area contributed by atoms with E-state index in [2.05, 4.69) is 0 Å². The number of rotatable bonds is 2. The summed E-state index contributed by atoms with van der Waals surface area (Å²) in [6.45, 7) is 0.745. The predicted octanol–water partition coefficient (Wildman–Crippen LogP) is 0.631. The van der Waals surface area contributed by atoms with Crippen molar-refractivity contribution >= 4 is 16.0 Å². The van der Waals surface area contributed by atoms with E-state index in [4.69, 9.17) is 5.11 Å². The van der Waals surface area contributed by atoms with Crippen molar-refractivity contribution in [1.82, 2.24) is 4.31 Å². The van der Waals surface area contributed by atoms with Crippen LogP contribution >= 0.6 is 0 Å². The van der Waals surface area contributed by atoms with Crippen LogP contribution in [0.4, 0.5) is 13.2 Å². The van der Waals surface area contributed by atoms with E-state index in [9.17, 15) is 26.4 Å². The third-order valence-electron chi connectivity index (χ3n) is 2.62. The number of hydrogen-bond acceptors (Lipinski definition) is 3. The molecule has 16 heavy (non-hydrogen) atoms. The molecule has 0 aliphatic carbocycles. The average Bonchev–Trinajstić information content (AvgIpc) is 2.44. The monoisotopic (exact) mass is 261 g/mol. The zero-order chi connectivity index (χ0) is 12.7. The molecular formula is C7H10F3NO4S. The van der Waals surface area contributed by atoms with E-state index in [0.29, 0.717) is 0 Å². The summed E-state index contributed by atoms with van der Waals surface area (Å²) in [6, 6.07) is -1.18. The number of carbonyl (C=O) groups is 1. The molecule has 2 unspecified atom stereocenters. The minimum absolute atomic E-state index is 0.105. The van der Waals surface area contributed by atoms with Crippen molar-refractivity contribution in [2.24, 2.45) is 5.92 Å². The molecule has 1 aliphatic heterocycles. The van der Waals surface area contributed by atoms with Gasteiger partial charge in [-0.15, -0.1) is 0 Å². The number of carboxylic acid groups (broad SMARTS) is 1. The fourth-order valence-corrected chi connectivity index (χ4v) is 2.91. The molecule has 0 aromatic carbocycles. The van der Waals surface area contributed by atoms with Gasteiger partial charge in [0.15, 0.2) is 0 Å². The molecule has 1 fully saturated rings. The van der Waals surface area contributed by atoms with E-state index >= 15 is 0 Å². The lowest BCUT2D eigenvalue weighted by atomic mass is 10.0. The largest absolute Gasteiger partial charge is 0.511 e. The fraction of sp³-hybridized carbons (Fsp3) is 0.857. The number of sulfonamides is 1. The Morgan fingerprint density at radius 1 is 1.44 bits per heavy atom. The van der Waals surface area contributed by atoms with Gasteiger partial charge in [0, 0.05) is 12.6 Å². The number of halogens is 3. The zero-order valence-corrected chi connectivity index (χ0v) is 9.05. The SMILES string of the molecule is CC1C(C(=O)O)CCN1S(=O)(=O)C(F)(F)F. The second kappa shape index (κ2) is 3.88. The van der Waals surface area contributed by atoms with Crippen LogP contribution in [-0.2, 0) is 14.8 Å². The molecule has 1 N–H and O–H groups in total. The summed E-state index contributed by atoms with van der Waals surface area (Å²) in [6.07, 6.45) is -0.105. The smallest absolute Gasteiger partial charge is 0.481 e. The molecule has 0 radical (unpaired) electrons. The summed E-state index contributed by atoms with van der Waals surface area (Å²) < 4.78 is 58.9. The Hall–Kier alpha value is -0.830. The Morgan fingerprint density at radius 2 is 1.94 bits per heavy atom. The highest BCUT2D eigenvalue weighted by molar-refractivity contribution is 7.90. The van der Waals surface area contributed by atoms with Crippen molar-refractivity contribution in [3.8, 4) is 0 Å². The molecule has 9 heteroatoms. The second-order valence-corrected chi connectivity index (χ2v) is 5.42. The lowest BCUT2D eigenvalue weighted by molar-refractivity contribution is -0.142. The first-order valence-electron chi connectivity index (χ1n) is 4.40. The minimum Gasteiger partial charge on any atom is -0.481 e. The highest BCUT2D eigenvalue weighted by atomic mass is 32.2. The van der Waals surface area contributed by atoms with Gasteiger partial charge in [-0.2, -0.15) is 17.5 Å². The summed E-state index contributed by atoms with van der Waals surface area (Å²) in [4.78, 5) is 10.6. The van der Waals surface area contributed by atoms with Gasteiger partial charge in [-0.05, 0) is 13.3 Å². The van der Waals surface area contributed by atoms with Crippen molar-refractivity contribution in [2.45, 2.75) is 24.9 Å². The number of carboxylic acids is 1. The number of hydrogen-bond donors (Lipinski definition) is 1. The van der Waals surface area contributed by atoms with Gasteiger partial charge >= 0.3 is 21.5 Å². The summed E-state index contributed by atoms with van der Waals surface area (Å²) in [5.41, 5.74) is -5.38. The summed E-state index contributed by atoms with van der Waals surface area (Å²) in [5.74, 6) is -2.37. The molecule has 0 amide bonds. The molecule has 0 aromatic rings. The molecule has 0 bridgehead atoms. The predicted molar refractivity (Wildman–Crippen MR) is 46.9 cm³/mol. The third-order valence-corrected chi connectivity index (χ3v) is 4.33. The van der Waals surface area contributed by atoms with Crippen molar-refractivity contribution in [2.75, 3.05) is 6.54 Å². The van der Waals surface area contributed by atoms with Gasteiger partial charge in [0.25, 0.3) is 0 Å². The normalized spacial score (nSPS) is 28.2. The maximum absolute atomic E-state index is 12.2. The van der Waals surface area contributed by atoms with Crippen LogP contribution < -0.4 is 0 Å². The lowest BCUT2D eigenvalue weighted by Crippen LogP contribution is -2.44. The quantitative estimate of drug-likeness (QED) is 0.791. The first kappa shape index (κ1) is 13.2. The first-order chi connectivity index (χ1) is 7.09. The van der Waals surface area contributed by atoms with Crippen molar-refractivity contribution in [1.29, 1.82) is 0 Å². The molecule has 0 aromatic heterocycles. The van der Waals surface area contributed by atoms with Crippen LogP contribution in [0.25, 0.3) is 0 Å². The average molecular weight is 261 g/mol. The van der Waals surface area contributed by atoms with Crippen LogP contribution in [0.2, 0.25) is 0 Å². The lowest BCUT2D eigenvalue weighted by Gasteiger charge is -2.23. The van der Waals surface area contributed by atoms with E-state index in [1.807, 2.05) is 0 Å². The molecule has 1 rings (SSSR count). The highest BCUT2D eigenvalue weighted by Gasteiger charge is 2.54. The number of alkyl halides is 3. The van der Waals surface area contributed by atoms with E-state index in [-0.39, 0.29) is 10.7 Å². The Labute approximate surface area is 89.9 Å². The van der Waals surface area contributed by atoms with Gasteiger partial charge in [0.2, 0.25) is 0 Å². The van der Waals surface area contributed by atoms with Crippen LogP contribution in [-0.4, -0.2) is 41.9 Å². The number of nitrogens with zero attached hydrogens (tertiary/aromatic N) is 1. The van der Waals surface area contributed by atoms with Crippen molar-refractivity contribution in [3.05, 3.63) is 0 Å². The first-order valence-corrected chi connectivity index (χ1v) is 5.84.